The van der Waals surface area contributed by atoms with E-state index in [1.165, 1.54) is 0 Å². The van der Waals surface area contributed by atoms with Gasteiger partial charge in [-0.2, -0.15) is 0 Å². The maximum atomic E-state index is 12.0. The number of rotatable bonds is 8. The van der Waals surface area contributed by atoms with Crippen LogP contribution in [-0.2, 0) is 11.2 Å². The monoisotopic (exact) mass is 315 g/mol. The number of amides is 1. The zero-order valence-corrected chi connectivity index (χ0v) is 13.1. The summed E-state index contributed by atoms with van der Waals surface area (Å²) < 4.78 is 10.9. The van der Waals surface area contributed by atoms with Crippen LogP contribution >= 0.6 is 0 Å². The fourth-order valence-corrected chi connectivity index (χ4v) is 2.07. The van der Waals surface area contributed by atoms with Crippen LogP contribution in [0, 0.1) is 0 Å². The normalized spacial score (nSPS) is 10.2. The van der Waals surface area contributed by atoms with Crippen molar-refractivity contribution >= 4 is 11.6 Å². The van der Waals surface area contributed by atoms with E-state index in [0.29, 0.717) is 30.2 Å². The Bertz CT molecular complexity index is 625. The highest BCUT2D eigenvalue weighted by Crippen LogP contribution is 2.23. The fourth-order valence-electron chi connectivity index (χ4n) is 2.07. The van der Waals surface area contributed by atoms with Crippen LogP contribution in [0.15, 0.2) is 48.5 Å². The van der Waals surface area contributed by atoms with Gasteiger partial charge in [0.2, 0.25) is 0 Å². The molecule has 0 fully saturated rings. The first-order valence-corrected chi connectivity index (χ1v) is 7.57. The number of aliphatic hydroxyl groups is 1. The van der Waals surface area contributed by atoms with Gasteiger partial charge in [0.05, 0.1) is 12.3 Å². The van der Waals surface area contributed by atoms with E-state index in [4.69, 9.17) is 14.6 Å². The van der Waals surface area contributed by atoms with Crippen molar-refractivity contribution in [3.05, 3.63) is 54.1 Å². The second-order valence-corrected chi connectivity index (χ2v) is 4.88. The molecule has 2 aromatic carbocycles. The number of ether oxygens (including phenoxy) is 2. The van der Waals surface area contributed by atoms with Gasteiger partial charge >= 0.3 is 0 Å². The first-order chi connectivity index (χ1) is 11.2. The van der Waals surface area contributed by atoms with Crippen molar-refractivity contribution in [1.29, 1.82) is 0 Å². The Morgan fingerprint density at radius 3 is 2.52 bits per heavy atom. The standard InChI is InChI=1S/C18H21NO4/c1-2-22-17-6-4-3-5-16(17)19-18(21)13-23-15-9-7-14(8-10-15)11-12-20/h3-10,20H,2,11-13H2,1H3,(H,19,21). The number of hydrogen-bond donors (Lipinski definition) is 2. The molecule has 0 unspecified atom stereocenters. The van der Waals surface area contributed by atoms with Crippen LogP contribution in [0.5, 0.6) is 11.5 Å². The van der Waals surface area contributed by atoms with Gasteiger partial charge < -0.3 is 19.9 Å². The van der Waals surface area contributed by atoms with E-state index >= 15 is 0 Å². The number of anilines is 1. The minimum Gasteiger partial charge on any atom is -0.492 e. The van der Waals surface area contributed by atoms with Crippen molar-refractivity contribution in [2.24, 2.45) is 0 Å². The number of benzene rings is 2. The lowest BCUT2D eigenvalue weighted by Gasteiger charge is -2.12. The van der Waals surface area contributed by atoms with Gasteiger partial charge in [0.15, 0.2) is 6.61 Å². The van der Waals surface area contributed by atoms with Crippen LogP contribution in [-0.4, -0.2) is 30.8 Å². The van der Waals surface area contributed by atoms with E-state index in [9.17, 15) is 4.79 Å². The van der Waals surface area contributed by atoms with Crippen LogP contribution in [0.4, 0.5) is 5.69 Å². The Labute approximate surface area is 135 Å². The van der Waals surface area contributed by atoms with Crippen LogP contribution in [0.2, 0.25) is 0 Å². The quantitative estimate of drug-likeness (QED) is 0.786. The highest BCUT2D eigenvalue weighted by molar-refractivity contribution is 5.93. The second-order valence-electron chi connectivity index (χ2n) is 4.88. The van der Waals surface area contributed by atoms with Crippen LogP contribution in [0.25, 0.3) is 0 Å². The van der Waals surface area contributed by atoms with Gasteiger partial charge in [-0.1, -0.05) is 24.3 Å². The number of carbonyl (C=O) groups is 1. The van der Waals surface area contributed by atoms with Gasteiger partial charge in [0.25, 0.3) is 5.91 Å². The molecular weight excluding hydrogens is 294 g/mol. The summed E-state index contributed by atoms with van der Waals surface area (Å²) in [5.41, 5.74) is 1.65. The summed E-state index contributed by atoms with van der Waals surface area (Å²) in [7, 11) is 0. The molecule has 23 heavy (non-hydrogen) atoms. The van der Waals surface area contributed by atoms with Gasteiger partial charge in [-0.05, 0) is 43.2 Å². The summed E-state index contributed by atoms with van der Waals surface area (Å²) in [4.78, 5) is 12.0. The fraction of sp³-hybridized carbons (Fsp3) is 0.278. The van der Waals surface area contributed by atoms with Gasteiger partial charge in [-0.25, -0.2) is 0 Å². The molecule has 2 rings (SSSR count). The van der Waals surface area contributed by atoms with Crippen molar-refractivity contribution in [3.63, 3.8) is 0 Å². The number of aliphatic hydroxyl groups excluding tert-OH is 1. The van der Waals surface area contributed by atoms with Crippen molar-refractivity contribution < 1.29 is 19.4 Å². The van der Waals surface area contributed by atoms with Crippen molar-refractivity contribution in [1.82, 2.24) is 0 Å². The van der Waals surface area contributed by atoms with Crippen molar-refractivity contribution in [2.45, 2.75) is 13.3 Å². The molecule has 0 aromatic heterocycles. The maximum Gasteiger partial charge on any atom is 0.262 e. The average molecular weight is 315 g/mol. The molecule has 5 nitrogen and oxygen atoms in total. The maximum absolute atomic E-state index is 12.0. The largest absolute Gasteiger partial charge is 0.492 e. The summed E-state index contributed by atoms with van der Waals surface area (Å²) in [6.45, 7) is 2.45. The molecule has 0 saturated heterocycles. The Morgan fingerprint density at radius 1 is 1.09 bits per heavy atom. The number of carbonyl (C=O) groups excluding carboxylic acids is 1. The number of hydrogen-bond acceptors (Lipinski definition) is 4. The average Bonchev–Trinajstić information content (AvgIpc) is 2.57. The van der Waals surface area contributed by atoms with Gasteiger partial charge in [-0.15, -0.1) is 0 Å². The second kappa shape index (κ2) is 8.80. The topological polar surface area (TPSA) is 67.8 Å². The summed E-state index contributed by atoms with van der Waals surface area (Å²) >= 11 is 0. The molecule has 2 aromatic rings. The third-order valence-corrected chi connectivity index (χ3v) is 3.15. The smallest absolute Gasteiger partial charge is 0.262 e. The molecule has 0 bridgehead atoms. The molecule has 0 aliphatic heterocycles. The van der Waals surface area contributed by atoms with E-state index in [1.54, 1.807) is 24.3 Å². The van der Waals surface area contributed by atoms with Crippen molar-refractivity contribution in [3.8, 4) is 11.5 Å². The van der Waals surface area contributed by atoms with E-state index in [1.807, 2.05) is 31.2 Å². The van der Waals surface area contributed by atoms with E-state index < -0.39 is 0 Å². The molecule has 5 heteroatoms. The van der Waals surface area contributed by atoms with Crippen LogP contribution < -0.4 is 14.8 Å². The molecule has 0 radical (unpaired) electrons. The zero-order chi connectivity index (χ0) is 16.5. The molecule has 0 aliphatic rings. The molecule has 2 N–H and O–H groups in total. The molecule has 0 saturated carbocycles. The van der Waals surface area contributed by atoms with Crippen LogP contribution in [0.3, 0.4) is 0 Å². The van der Waals surface area contributed by atoms with E-state index in [-0.39, 0.29) is 19.1 Å². The highest BCUT2D eigenvalue weighted by Gasteiger charge is 2.08. The molecular formula is C18H21NO4. The van der Waals surface area contributed by atoms with Gasteiger partial charge in [-0.3, -0.25) is 4.79 Å². The zero-order valence-electron chi connectivity index (χ0n) is 13.1. The Balaban J connectivity index is 1.87. The third kappa shape index (κ3) is 5.30. The first kappa shape index (κ1) is 16.8. The van der Waals surface area contributed by atoms with Crippen LogP contribution in [0.1, 0.15) is 12.5 Å². The summed E-state index contributed by atoms with van der Waals surface area (Å²) in [5, 5.41) is 11.6. The lowest BCUT2D eigenvalue weighted by Crippen LogP contribution is -2.20. The van der Waals surface area contributed by atoms with Gasteiger partial charge in [0, 0.05) is 6.61 Å². The summed E-state index contributed by atoms with van der Waals surface area (Å²) in [6, 6.07) is 14.6. The third-order valence-electron chi connectivity index (χ3n) is 3.15. The number of para-hydroxylation sites is 2. The predicted octanol–water partition coefficient (Wildman–Crippen LogP) is 2.64. The molecule has 0 heterocycles. The van der Waals surface area contributed by atoms with E-state index in [0.717, 1.165) is 5.56 Å². The predicted molar refractivity (Wildman–Crippen MR) is 89.0 cm³/mol. The lowest BCUT2D eigenvalue weighted by atomic mass is 10.1. The molecule has 0 aliphatic carbocycles. The molecule has 0 atom stereocenters. The minimum absolute atomic E-state index is 0.0835. The molecule has 122 valence electrons. The lowest BCUT2D eigenvalue weighted by molar-refractivity contribution is -0.118. The molecule has 1 amide bonds. The Kier molecular flexibility index (Phi) is 6.44. The number of nitrogens with one attached hydrogen (secondary N) is 1. The highest BCUT2D eigenvalue weighted by atomic mass is 16.5. The minimum atomic E-state index is -0.253. The summed E-state index contributed by atoms with van der Waals surface area (Å²) in [5.74, 6) is 0.994. The van der Waals surface area contributed by atoms with Gasteiger partial charge in [0.1, 0.15) is 11.5 Å². The molecule has 0 spiro atoms. The van der Waals surface area contributed by atoms with Crippen molar-refractivity contribution in [2.75, 3.05) is 25.1 Å². The van der Waals surface area contributed by atoms with E-state index in [2.05, 4.69) is 5.32 Å². The summed E-state index contributed by atoms with van der Waals surface area (Å²) in [6.07, 6.45) is 0.606. The Hall–Kier alpha value is -2.53. The SMILES string of the molecule is CCOc1ccccc1NC(=O)COc1ccc(CCO)cc1. The first-order valence-electron chi connectivity index (χ1n) is 7.57. The Morgan fingerprint density at radius 2 is 1.83 bits per heavy atom.